The first-order valence-electron chi connectivity index (χ1n) is 2.21. The summed E-state index contributed by atoms with van der Waals surface area (Å²) in [4.78, 5) is 3.98. The van der Waals surface area contributed by atoms with Gasteiger partial charge in [0.25, 0.3) is 0 Å². The van der Waals surface area contributed by atoms with Crippen molar-refractivity contribution in [2.45, 2.75) is 0 Å². The number of halogens is 1. The van der Waals surface area contributed by atoms with Crippen molar-refractivity contribution in [3.05, 3.63) is 24.4 Å². The lowest BCUT2D eigenvalue weighted by Crippen LogP contribution is -1.80. The molecule has 0 aliphatic heterocycles. The fourth-order valence-corrected chi connectivity index (χ4v) is 0.738. The number of rotatable bonds is 1. The number of pyridine rings is 1. The number of nitrogens with one attached hydrogen (secondary N) is 1. The molecule has 0 aliphatic carbocycles. The number of hydrogen-bond donors (Lipinski definition) is 1. The van der Waals surface area contributed by atoms with Crippen LogP contribution >= 0.6 is 22.9 Å². The van der Waals surface area contributed by atoms with E-state index in [1.54, 1.807) is 6.20 Å². The summed E-state index contributed by atoms with van der Waals surface area (Å²) >= 11 is 2.04. The Morgan fingerprint density at radius 1 is 1.50 bits per heavy atom. The van der Waals surface area contributed by atoms with E-state index in [9.17, 15) is 0 Å². The van der Waals surface area contributed by atoms with Crippen molar-refractivity contribution in [2.24, 2.45) is 0 Å². The van der Waals surface area contributed by atoms with Gasteiger partial charge in [-0.25, -0.2) is 4.98 Å². The van der Waals surface area contributed by atoms with Gasteiger partial charge in [-0.1, -0.05) is 6.07 Å². The zero-order valence-corrected chi connectivity index (χ0v) is 6.29. The van der Waals surface area contributed by atoms with Crippen molar-refractivity contribution in [3.63, 3.8) is 0 Å². The highest BCUT2D eigenvalue weighted by atomic mass is 127. The Morgan fingerprint density at radius 3 is 2.75 bits per heavy atom. The van der Waals surface area contributed by atoms with Gasteiger partial charge in [0, 0.05) is 6.20 Å². The van der Waals surface area contributed by atoms with E-state index in [-0.39, 0.29) is 0 Å². The van der Waals surface area contributed by atoms with Gasteiger partial charge in [-0.05, 0) is 12.1 Å². The molecule has 0 saturated heterocycles. The van der Waals surface area contributed by atoms with Crippen LogP contribution in [0.4, 0.5) is 5.82 Å². The first kappa shape index (κ1) is 5.81. The molecular weight excluding hydrogens is 215 g/mol. The van der Waals surface area contributed by atoms with Gasteiger partial charge in [-0.15, -0.1) is 0 Å². The fraction of sp³-hybridized carbons (Fsp3) is 0. The van der Waals surface area contributed by atoms with Crippen LogP contribution in [0.1, 0.15) is 0 Å². The third-order valence-electron chi connectivity index (χ3n) is 0.762. The molecule has 0 amide bonds. The van der Waals surface area contributed by atoms with Crippen molar-refractivity contribution >= 4 is 28.7 Å². The summed E-state index contributed by atoms with van der Waals surface area (Å²) in [5.74, 6) is 0.896. The summed E-state index contributed by atoms with van der Waals surface area (Å²) in [6, 6.07) is 5.73. The summed E-state index contributed by atoms with van der Waals surface area (Å²) in [6.07, 6.45) is 1.75. The van der Waals surface area contributed by atoms with E-state index in [2.05, 4.69) is 8.51 Å². The summed E-state index contributed by atoms with van der Waals surface area (Å²) in [5, 5.41) is 0. The fourth-order valence-electron chi connectivity index (χ4n) is 0.419. The zero-order valence-electron chi connectivity index (χ0n) is 4.13. The molecular formula is C5H5IN2. The maximum absolute atomic E-state index is 3.98. The third kappa shape index (κ3) is 1.33. The van der Waals surface area contributed by atoms with Gasteiger partial charge in [0.1, 0.15) is 5.82 Å². The average Bonchev–Trinajstić information content (AvgIpc) is 1.90. The highest BCUT2D eigenvalue weighted by molar-refractivity contribution is 14.1. The van der Waals surface area contributed by atoms with E-state index in [0.29, 0.717) is 0 Å². The van der Waals surface area contributed by atoms with Gasteiger partial charge in [-0.3, -0.25) is 0 Å². The van der Waals surface area contributed by atoms with Crippen LogP contribution in [0.25, 0.3) is 0 Å². The second-order valence-corrected chi connectivity index (χ2v) is 1.85. The molecule has 2 nitrogen and oxygen atoms in total. The number of aromatic nitrogens is 1. The van der Waals surface area contributed by atoms with Gasteiger partial charge in [0.15, 0.2) is 0 Å². The maximum Gasteiger partial charge on any atom is 0.134 e. The van der Waals surface area contributed by atoms with Crippen LogP contribution in [-0.4, -0.2) is 4.98 Å². The number of hydrogen-bond acceptors (Lipinski definition) is 2. The van der Waals surface area contributed by atoms with Crippen molar-refractivity contribution in [2.75, 3.05) is 3.53 Å². The lowest BCUT2D eigenvalue weighted by atomic mass is 10.5. The molecule has 0 atom stereocenters. The summed E-state index contributed by atoms with van der Waals surface area (Å²) in [6.45, 7) is 0. The van der Waals surface area contributed by atoms with E-state index in [4.69, 9.17) is 0 Å². The molecule has 0 radical (unpaired) electrons. The topological polar surface area (TPSA) is 24.9 Å². The van der Waals surface area contributed by atoms with Crippen molar-refractivity contribution < 1.29 is 0 Å². The van der Waals surface area contributed by atoms with Crippen LogP contribution in [-0.2, 0) is 0 Å². The van der Waals surface area contributed by atoms with Crippen LogP contribution in [0.15, 0.2) is 24.4 Å². The molecule has 0 aromatic carbocycles. The van der Waals surface area contributed by atoms with E-state index in [0.717, 1.165) is 5.82 Å². The molecule has 1 rings (SSSR count). The summed E-state index contributed by atoms with van der Waals surface area (Å²) in [7, 11) is 0. The van der Waals surface area contributed by atoms with Gasteiger partial charge >= 0.3 is 0 Å². The minimum Gasteiger partial charge on any atom is -0.313 e. The Labute approximate surface area is 61.8 Å². The van der Waals surface area contributed by atoms with Gasteiger partial charge in [0.05, 0.1) is 22.9 Å². The van der Waals surface area contributed by atoms with Gasteiger partial charge in [-0.2, -0.15) is 0 Å². The van der Waals surface area contributed by atoms with Crippen LogP contribution in [0.2, 0.25) is 0 Å². The molecule has 0 spiro atoms. The second kappa shape index (κ2) is 2.86. The molecule has 42 valence electrons. The molecule has 1 aromatic heterocycles. The molecule has 0 fully saturated rings. The standard InChI is InChI=1S/C5H5IN2/c6-8-5-3-1-2-4-7-5/h1-4H,(H,7,8). The smallest absolute Gasteiger partial charge is 0.134 e. The minimum atomic E-state index is 0.896. The van der Waals surface area contributed by atoms with Crippen molar-refractivity contribution in [1.29, 1.82) is 0 Å². The first-order chi connectivity index (χ1) is 3.93. The number of nitrogens with zero attached hydrogens (tertiary/aromatic N) is 1. The van der Waals surface area contributed by atoms with Crippen LogP contribution in [0.3, 0.4) is 0 Å². The predicted molar refractivity (Wildman–Crippen MR) is 41.9 cm³/mol. The van der Waals surface area contributed by atoms with Crippen LogP contribution < -0.4 is 3.53 Å². The molecule has 8 heavy (non-hydrogen) atoms. The van der Waals surface area contributed by atoms with Gasteiger partial charge < -0.3 is 3.53 Å². The van der Waals surface area contributed by atoms with Crippen LogP contribution in [0.5, 0.6) is 0 Å². The van der Waals surface area contributed by atoms with E-state index in [1.807, 2.05) is 41.1 Å². The molecule has 1 heterocycles. The Bertz CT molecular complexity index is 152. The van der Waals surface area contributed by atoms with Crippen molar-refractivity contribution in [1.82, 2.24) is 4.98 Å². The lowest BCUT2D eigenvalue weighted by molar-refractivity contribution is 1.34. The largest absolute Gasteiger partial charge is 0.313 e. The third-order valence-corrected chi connectivity index (χ3v) is 1.31. The zero-order chi connectivity index (χ0) is 5.82. The maximum atomic E-state index is 3.98. The van der Waals surface area contributed by atoms with Crippen molar-refractivity contribution in [3.8, 4) is 0 Å². The highest BCUT2D eigenvalue weighted by Gasteiger charge is 1.80. The molecule has 0 unspecified atom stereocenters. The first-order valence-corrected chi connectivity index (χ1v) is 3.29. The van der Waals surface area contributed by atoms with E-state index in [1.165, 1.54) is 0 Å². The second-order valence-electron chi connectivity index (χ2n) is 1.31. The van der Waals surface area contributed by atoms with Gasteiger partial charge in [0.2, 0.25) is 0 Å². The molecule has 0 saturated carbocycles. The minimum absolute atomic E-state index is 0.896. The number of anilines is 1. The summed E-state index contributed by atoms with van der Waals surface area (Å²) in [5.41, 5.74) is 0. The normalized spacial score (nSPS) is 8.62. The molecule has 1 aromatic rings. The Balaban J connectivity index is 2.83. The SMILES string of the molecule is INc1ccccn1. The summed E-state index contributed by atoms with van der Waals surface area (Å²) < 4.78 is 2.89. The quantitative estimate of drug-likeness (QED) is 0.576. The van der Waals surface area contributed by atoms with E-state index < -0.39 is 0 Å². The Hall–Kier alpha value is -0.320. The lowest BCUT2D eigenvalue weighted by Gasteiger charge is -1.90. The Morgan fingerprint density at radius 2 is 2.38 bits per heavy atom. The predicted octanol–water partition coefficient (Wildman–Crippen LogP) is 1.84. The Kier molecular flexibility index (Phi) is 2.08. The molecule has 1 N–H and O–H groups in total. The highest BCUT2D eigenvalue weighted by Crippen LogP contribution is 2.00. The monoisotopic (exact) mass is 220 g/mol. The van der Waals surface area contributed by atoms with E-state index >= 15 is 0 Å². The average molecular weight is 220 g/mol. The molecule has 0 bridgehead atoms. The van der Waals surface area contributed by atoms with Crippen LogP contribution in [0, 0.1) is 0 Å². The molecule has 3 heteroatoms. The molecule has 0 aliphatic rings.